The number of rotatable bonds is 6. The maximum Gasteiger partial charge on any atom is 0.311 e. The molecule has 0 spiro atoms. The molecule has 23 heavy (non-hydrogen) atoms. The van der Waals surface area contributed by atoms with E-state index >= 15 is 0 Å². The fraction of sp³-hybridized carbons (Fsp3) is 0.562. The van der Waals surface area contributed by atoms with E-state index in [1.807, 2.05) is 0 Å². The minimum absolute atomic E-state index is 0.108. The SMILES string of the molecule is COc1cc(NC(=O)CNC2CCCCC2)c(C)cc1[N+](=O)[O-]. The lowest BCUT2D eigenvalue weighted by Crippen LogP contribution is -2.37. The number of nitro groups is 1. The predicted octanol–water partition coefficient (Wildman–Crippen LogP) is 2.77. The van der Waals surface area contributed by atoms with E-state index in [1.54, 1.807) is 6.92 Å². The van der Waals surface area contributed by atoms with Crippen molar-refractivity contribution < 1.29 is 14.5 Å². The van der Waals surface area contributed by atoms with E-state index in [9.17, 15) is 14.9 Å². The van der Waals surface area contributed by atoms with Gasteiger partial charge in [-0.25, -0.2) is 0 Å². The zero-order chi connectivity index (χ0) is 16.8. The Kier molecular flexibility index (Phi) is 5.92. The molecule has 0 saturated heterocycles. The van der Waals surface area contributed by atoms with E-state index in [4.69, 9.17) is 4.74 Å². The van der Waals surface area contributed by atoms with Gasteiger partial charge >= 0.3 is 5.69 Å². The van der Waals surface area contributed by atoms with Crippen molar-refractivity contribution in [3.8, 4) is 5.75 Å². The van der Waals surface area contributed by atoms with E-state index in [2.05, 4.69) is 10.6 Å². The molecule has 126 valence electrons. The highest BCUT2D eigenvalue weighted by atomic mass is 16.6. The number of nitrogens with one attached hydrogen (secondary N) is 2. The van der Waals surface area contributed by atoms with Gasteiger partial charge < -0.3 is 15.4 Å². The first-order chi connectivity index (χ1) is 11.0. The number of carbonyl (C=O) groups is 1. The van der Waals surface area contributed by atoms with Crippen LogP contribution in [-0.2, 0) is 4.79 Å². The Morgan fingerprint density at radius 3 is 2.65 bits per heavy atom. The topological polar surface area (TPSA) is 93.5 Å². The molecule has 0 aliphatic heterocycles. The van der Waals surface area contributed by atoms with Gasteiger partial charge in [-0.3, -0.25) is 14.9 Å². The highest BCUT2D eigenvalue weighted by molar-refractivity contribution is 5.93. The molecule has 2 N–H and O–H groups in total. The molecule has 1 aliphatic rings. The first-order valence-corrected chi connectivity index (χ1v) is 7.87. The minimum Gasteiger partial charge on any atom is -0.490 e. The Labute approximate surface area is 135 Å². The van der Waals surface area contributed by atoms with Crippen LogP contribution in [0.1, 0.15) is 37.7 Å². The quantitative estimate of drug-likeness (QED) is 0.620. The van der Waals surface area contributed by atoms with Crippen molar-refractivity contribution in [2.75, 3.05) is 19.0 Å². The zero-order valence-corrected chi connectivity index (χ0v) is 13.6. The molecule has 1 aromatic carbocycles. The van der Waals surface area contributed by atoms with E-state index in [0.29, 0.717) is 17.3 Å². The average molecular weight is 321 g/mol. The maximum atomic E-state index is 12.1. The Hall–Kier alpha value is -2.15. The van der Waals surface area contributed by atoms with Crippen LogP contribution in [0.15, 0.2) is 12.1 Å². The number of nitro benzene ring substituents is 1. The van der Waals surface area contributed by atoms with Gasteiger partial charge in [0, 0.05) is 23.9 Å². The van der Waals surface area contributed by atoms with Crippen LogP contribution in [-0.4, -0.2) is 30.5 Å². The Balaban J connectivity index is 1.98. The summed E-state index contributed by atoms with van der Waals surface area (Å²) in [6, 6.07) is 3.30. The number of aryl methyl sites for hydroxylation is 1. The second kappa shape index (κ2) is 7.92. The van der Waals surface area contributed by atoms with Gasteiger partial charge in [0.2, 0.25) is 5.91 Å². The number of carbonyl (C=O) groups excluding carboxylic acids is 1. The Morgan fingerprint density at radius 2 is 2.04 bits per heavy atom. The van der Waals surface area contributed by atoms with Gasteiger partial charge in [-0.15, -0.1) is 0 Å². The zero-order valence-electron chi connectivity index (χ0n) is 13.6. The molecular formula is C16H23N3O4. The van der Waals surface area contributed by atoms with E-state index in [1.165, 1.54) is 38.5 Å². The standard InChI is InChI=1S/C16H23N3O4/c1-11-8-14(19(21)22)15(23-2)9-13(11)18-16(20)10-17-12-6-4-3-5-7-12/h8-9,12,17H,3-7,10H2,1-2H3,(H,18,20). The number of methoxy groups -OCH3 is 1. The lowest BCUT2D eigenvalue weighted by molar-refractivity contribution is -0.385. The van der Waals surface area contributed by atoms with Crippen molar-refractivity contribution in [3.05, 3.63) is 27.8 Å². The van der Waals surface area contributed by atoms with Crippen molar-refractivity contribution >= 4 is 17.3 Å². The maximum absolute atomic E-state index is 12.1. The molecule has 0 heterocycles. The van der Waals surface area contributed by atoms with Crippen LogP contribution in [0.4, 0.5) is 11.4 Å². The number of ether oxygens (including phenoxy) is 1. The average Bonchev–Trinajstić information content (AvgIpc) is 2.55. The van der Waals surface area contributed by atoms with Crippen LogP contribution in [0.5, 0.6) is 5.75 Å². The third kappa shape index (κ3) is 4.66. The molecule has 0 bridgehead atoms. The van der Waals surface area contributed by atoms with Gasteiger partial charge in [-0.1, -0.05) is 19.3 Å². The fourth-order valence-electron chi connectivity index (χ4n) is 2.85. The van der Waals surface area contributed by atoms with Gasteiger partial charge in [0.1, 0.15) is 0 Å². The van der Waals surface area contributed by atoms with Gasteiger partial charge in [0.25, 0.3) is 0 Å². The lowest BCUT2D eigenvalue weighted by atomic mass is 9.95. The van der Waals surface area contributed by atoms with Crippen LogP contribution in [0.25, 0.3) is 0 Å². The molecule has 0 aromatic heterocycles. The lowest BCUT2D eigenvalue weighted by Gasteiger charge is -2.22. The molecule has 7 nitrogen and oxygen atoms in total. The normalized spacial score (nSPS) is 15.2. The van der Waals surface area contributed by atoms with Crippen LogP contribution in [0.2, 0.25) is 0 Å². The van der Waals surface area contributed by atoms with Crippen LogP contribution in [0.3, 0.4) is 0 Å². The third-order valence-corrected chi connectivity index (χ3v) is 4.15. The summed E-state index contributed by atoms with van der Waals surface area (Å²) in [5.74, 6) is -0.0225. The highest BCUT2D eigenvalue weighted by Gasteiger charge is 2.19. The highest BCUT2D eigenvalue weighted by Crippen LogP contribution is 2.32. The molecule has 1 fully saturated rings. The molecule has 0 radical (unpaired) electrons. The molecular weight excluding hydrogens is 298 g/mol. The number of benzene rings is 1. The molecule has 7 heteroatoms. The first kappa shape index (κ1) is 17.2. The van der Waals surface area contributed by atoms with Gasteiger partial charge in [0.15, 0.2) is 5.75 Å². The molecule has 1 aromatic rings. The van der Waals surface area contributed by atoms with Crippen molar-refractivity contribution in [1.82, 2.24) is 5.32 Å². The predicted molar refractivity (Wildman–Crippen MR) is 87.9 cm³/mol. The summed E-state index contributed by atoms with van der Waals surface area (Å²) in [4.78, 5) is 22.6. The first-order valence-electron chi connectivity index (χ1n) is 7.87. The van der Waals surface area contributed by atoms with E-state index in [0.717, 1.165) is 12.8 Å². The van der Waals surface area contributed by atoms with Crippen molar-refractivity contribution in [1.29, 1.82) is 0 Å². The minimum atomic E-state index is -0.498. The summed E-state index contributed by atoms with van der Waals surface area (Å²) in [5, 5.41) is 17.0. The van der Waals surface area contributed by atoms with Gasteiger partial charge in [-0.05, 0) is 25.3 Å². The number of hydrogen-bond donors (Lipinski definition) is 2. The fourth-order valence-corrected chi connectivity index (χ4v) is 2.85. The summed E-state index contributed by atoms with van der Waals surface area (Å²) in [6.45, 7) is 1.96. The van der Waals surface area contributed by atoms with Crippen LogP contribution < -0.4 is 15.4 Å². The number of anilines is 1. The number of nitrogens with zero attached hydrogens (tertiary/aromatic N) is 1. The third-order valence-electron chi connectivity index (χ3n) is 4.15. The summed E-state index contributed by atoms with van der Waals surface area (Å²) in [5.41, 5.74) is 1.05. The number of amides is 1. The number of hydrogen-bond acceptors (Lipinski definition) is 5. The molecule has 1 amide bonds. The summed E-state index contributed by atoms with van der Waals surface area (Å²) >= 11 is 0. The monoisotopic (exact) mass is 321 g/mol. The molecule has 1 aliphatic carbocycles. The molecule has 0 atom stereocenters. The molecule has 1 saturated carbocycles. The van der Waals surface area contributed by atoms with E-state index < -0.39 is 4.92 Å². The summed E-state index contributed by atoms with van der Waals surface area (Å²) < 4.78 is 5.03. The molecule has 0 unspecified atom stereocenters. The second-order valence-electron chi connectivity index (χ2n) is 5.86. The second-order valence-corrected chi connectivity index (χ2v) is 5.86. The van der Waals surface area contributed by atoms with Crippen molar-refractivity contribution in [3.63, 3.8) is 0 Å². The van der Waals surface area contributed by atoms with Gasteiger partial charge in [0.05, 0.1) is 18.6 Å². The van der Waals surface area contributed by atoms with Gasteiger partial charge in [-0.2, -0.15) is 0 Å². The van der Waals surface area contributed by atoms with E-state index in [-0.39, 0.29) is 23.9 Å². The van der Waals surface area contributed by atoms with Crippen LogP contribution >= 0.6 is 0 Å². The Bertz CT molecular complexity index is 583. The smallest absolute Gasteiger partial charge is 0.311 e. The van der Waals surface area contributed by atoms with Crippen molar-refractivity contribution in [2.24, 2.45) is 0 Å². The Morgan fingerprint density at radius 1 is 1.35 bits per heavy atom. The molecule has 2 rings (SSSR count). The summed E-state index contributed by atoms with van der Waals surface area (Å²) in [7, 11) is 1.37. The van der Waals surface area contributed by atoms with Crippen molar-refractivity contribution in [2.45, 2.75) is 45.1 Å². The summed E-state index contributed by atoms with van der Waals surface area (Å²) in [6.07, 6.45) is 5.90. The largest absolute Gasteiger partial charge is 0.490 e. The van der Waals surface area contributed by atoms with Crippen LogP contribution in [0, 0.1) is 17.0 Å².